The van der Waals surface area contributed by atoms with E-state index in [4.69, 9.17) is 9.47 Å². The second-order valence-electron chi connectivity index (χ2n) is 8.28. The second kappa shape index (κ2) is 9.30. The van der Waals surface area contributed by atoms with E-state index >= 15 is 0 Å². The maximum Gasteiger partial charge on any atom is 0.253 e. The fourth-order valence-electron chi connectivity index (χ4n) is 4.21. The number of nitrogens with zero attached hydrogens (tertiary/aromatic N) is 3. The lowest BCUT2D eigenvalue weighted by Gasteiger charge is -2.34. The minimum absolute atomic E-state index is 0.0843. The van der Waals surface area contributed by atoms with Crippen LogP contribution in [0.25, 0.3) is 0 Å². The molecule has 6 nitrogen and oxygen atoms in total. The molecule has 2 aromatic carbocycles. The number of piperazine rings is 1. The molecule has 32 heavy (non-hydrogen) atoms. The third-order valence-corrected chi connectivity index (χ3v) is 6.80. The molecule has 1 fully saturated rings. The molecule has 0 saturated carbocycles. The van der Waals surface area contributed by atoms with E-state index < -0.39 is 0 Å². The highest BCUT2D eigenvalue weighted by Crippen LogP contribution is 2.26. The Balaban J connectivity index is 1.11. The zero-order valence-corrected chi connectivity index (χ0v) is 19.1. The van der Waals surface area contributed by atoms with Crippen molar-refractivity contribution < 1.29 is 14.3 Å². The van der Waals surface area contributed by atoms with Gasteiger partial charge in [-0.3, -0.25) is 9.69 Å². The van der Waals surface area contributed by atoms with Crippen molar-refractivity contribution in [3.8, 4) is 11.5 Å². The summed E-state index contributed by atoms with van der Waals surface area (Å²) in [5, 5.41) is 3.04. The predicted molar refractivity (Wildman–Crippen MR) is 124 cm³/mol. The van der Waals surface area contributed by atoms with Crippen LogP contribution in [0.2, 0.25) is 0 Å². The summed E-state index contributed by atoms with van der Waals surface area (Å²) in [5.74, 6) is 1.86. The SMILES string of the molecule is Cc1nc(COc2ccc(C(=O)N3CCN(Cc4ccc5c(c4)CCO5)CC3)cc2)cs1. The van der Waals surface area contributed by atoms with Crippen LogP contribution in [0.5, 0.6) is 11.5 Å². The van der Waals surface area contributed by atoms with Gasteiger partial charge in [0.15, 0.2) is 0 Å². The fraction of sp³-hybridized carbons (Fsp3) is 0.360. The molecule has 5 rings (SSSR count). The Kier molecular flexibility index (Phi) is 6.10. The number of hydrogen-bond donors (Lipinski definition) is 0. The molecule has 0 radical (unpaired) electrons. The standard InChI is InChI=1S/C25H27N3O3S/c1-18-26-22(17-32-18)16-31-23-5-3-20(4-6-23)25(29)28-11-9-27(10-12-28)15-19-2-7-24-21(14-19)8-13-30-24/h2-7,14,17H,8-13,15-16H2,1H3. The minimum Gasteiger partial charge on any atom is -0.493 e. The summed E-state index contributed by atoms with van der Waals surface area (Å²) >= 11 is 1.62. The van der Waals surface area contributed by atoms with Gasteiger partial charge in [-0.15, -0.1) is 11.3 Å². The molecule has 1 amide bonds. The molecule has 0 N–H and O–H groups in total. The number of benzene rings is 2. The number of carbonyl (C=O) groups excluding carboxylic acids is 1. The Labute approximate surface area is 192 Å². The molecule has 3 aromatic rings. The molecule has 0 atom stereocenters. The Morgan fingerprint density at radius 1 is 1.12 bits per heavy atom. The van der Waals surface area contributed by atoms with Gasteiger partial charge in [-0.2, -0.15) is 0 Å². The van der Waals surface area contributed by atoms with Gasteiger partial charge >= 0.3 is 0 Å². The van der Waals surface area contributed by atoms with Crippen LogP contribution in [0.4, 0.5) is 0 Å². The number of rotatable bonds is 6. The molecular formula is C25H27N3O3S. The second-order valence-corrected chi connectivity index (χ2v) is 9.34. The summed E-state index contributed by atoms with van der Waals surface area (Å²) in [6.45, 7) is 7.38. The molecule has 2 aliphatic rings. The van der Waals surface area contributed by atoms with Crippen LogP contribution in [0.3, 0.4) is 0 Å². The van der Waals surface area contributed by atoms with Crippen LogP contribution in [0.1, 0.15) is 32.2 Å². The molecular weight excluding hydrogens is 422 g/mol. The first-order valence-electron chi connectivity index (χ1n) is 11.0. The van der Waals surface area contributed by atoms with Crippen molar-refractivity contribution in [2.75, 3.05) is 32.8 Å². The maximum absolute atomic E-state index is 12.9. The maximum atomic E-state index is 12.9. The molecule has 1 saturated heterocycles. The summed E-state index contributed by atoms with van der Waals surface area (Å²) in [7, 11) is 0. The highest BCUT2D eigenvalue weighted by Gasteiger charge is 2.22. The zero-order valence-electron chi connectivity index (χ0n) is 18.3. The van der Waals surface area contributed by atoms with E-state index in [2.05, 4.69) is 28.1 Å². The molecule has 0 aliphatic carbocycles. The smallest absolute Gasteiger partial charge is 0.253 e. The summed E-state index contributed by atoms with van der Waals surface area (Å²) < 4.78 is 11.4. The van der Waals surface area contributed by atoms with Gasteiger partial charge in [0.1, 0.15) is 18.1 Å². The number of carbonyl (C=O) groups is 1. The number of amides is 1. The molecule has 0 spiro atoms. The fourth-order valence-corrected chi connectivity index (χ4v) is 4.81. The van der Waals surface area contributed by atoms with Crippen LogP contribution in [0, 0.1) is 6.92 Å². The van der Waals surface area contributed by atoms with Crippen LogP contribution in [-0.4, -0.2) is 53.5 Å². The van der Waals surface area contributed by atoms with Gasteiger partial charge < -0.3 is 14.4 Å². The molecule has 166 valence electrons. The number of aryl methyl sites for hydroxylation is 1. The van der Waals surface area contributed by atoms with E-state index in [1.165, 1.54) is 11.1 Å². The average Bonchev–Trinajstić information content (AvgIpc) is 3.46. The van der Waals surface area contributed by atoms with E-state index in [0.717, 1.165) is 68.0 Å². The Morgan fingerprint density at radius 3 is 2.69 bits per heavy atom. The molecule has 3 heterocycles. The lowest BCUT2D eigenvalue weighted by molar-refractivity contribution is 0.0628. The quantitative estimate of drug-likeness (QED) is 0.571. The van der Waals surface area contributed by atoms with Crippen molar-refractivity contribution in [1.82, 2.24) is 14.8 Å². The van der Waals surface area contributed by atoms with Gasteiger partial charge in [-0.05, 0) is 48.4 Å². The van der Waals surface area contributed by atoms with E-state index in [0.29, 0.717) is 12.2 Å². The van der Waals surface area contributed by atoms with Crippen molar-refractivity contribution in [3.63, 3.8) is 0 Å². The largest absolute Gasteiger partial charge is 0.493 e. The van der Waals surface area contributed by atoms with Crippen molar-refractivity contribution in [1.29, 1.82) is 0 Å². The van der Waals surface area contributed by atoms with E-state index in [9.17, 15) is 4.79 Å². The number of fused-ring (bicyclic) bond motifs is 1. The molecule has 2 aliphatic heterocycles. The normalized spacial score (nSPS) is 16.0. The van der Waals surface area contributed by atoms with Crippen molar-refractivity contribution >= 4 is 17.2 Å². The highest BCUT2D eigenvalue weighted by molar-refractivity contribution is 7.09. The predicted octanol–water partition coefficient (Wildman–Crippen LogP) is 3.92. The molecule has 7 heteroatoms. The third-order valence-electron chi connectivity index (χ3n) is 5.97. The van der Waals surface area contributed by atoms with Gasteiger partial charge in [-0.25, -0.2) is 4.98 Å². The topological polar surface area (TPSA) is 54.9 Å². The first-order valence-corrected chi connectivity index (χ1v) is 11.9. The van der Waals surface area contributed by atoms with Gasteiger partial charge in [-0.1, -0.05) is 12.1 Å². The summed E-state index contributed by atoms with van der Waals surface area (Å²) in [6.07, 6.45) is 1.000. The van der Waals surface area contributed by atoms with Gasteiger partial charge in [0, 0.05) is 50.1 Å². The Morgan fingerprint density at radius 2 is 1.94 bits per heavy atom. The first-order chi connectivity index (χ1) is 15.6. The zero-order chi connectivity index (χ0) is 21.9. The number of ether oxygens (including phenoxy) is 2. The highest BCUT2D eigenvalue weighted by atomic mass is 32.1. The monoisotopic (exact) mass is 449 g/mol. The van der Waals surface area contributed by atoms with Gasteiger partial charge in [0.2, 0.25) is 0 Å². The van der Waals surface area contributed by atoms with Crippen molar-refractivity contribution in [2.24, 2.45) is 0 Å². The van der Waals surface area contributed by atoms with Crippen LogP contribution < -0.4 is 9.47 Å². The average molecular weight is 450 g/mol. The minimum atomic E-state index is 0.0843. The summed E-state index contributed by atoms with van der Waals surface area (Å²) in [4.78, 5) is 21.7. The van der Waals surface area contributed by atoms with Crippen molar-refractivity contribution in [2.45, 2.75) is 26.5 Å². The van der Waals surface area contributed by atoms with E-state index in [1.54, 1.807) is 11.3 Å². The Hall–Kier alpha value is -2.90. The van der Waals surface area contributed by atoms with Gasteiger partial charge in [0.05, 0.1) is 17.3 Å². The molecule has 0 bridgehead atoms. The molecule has 0 unspecified atom stereocenters. The third kappa shape index (κ3) is 4.79. The summed E-state index contributed by atoms with van der Waals surface area (Å²) in [6, 6.07) is 13.9. The number of hydrogen-bond acceptors (Lipinski definition) is 6. The van der Waals surface area contributed by atoms with Crippen LogP contribution in [0.15, 0.2) is 47.8 Å². The van der Waals surface area contributed by atoms with E-state index in [-0.39, 0.29) is 5.91 Å². The van der Waals surface area contributed by atoms with Crippen LogP contribution >= 0.6 is 11.3 Å². The van der Waals surface area contributed by atoms with Crippen LogP contribution in [-0.2, 0) is 19.6 Å². The van der Waals surface area contributed by atoms with Crippen molar-refractivity contribution in [3.05, 3.63) is 75.2 Å². The lowest BCUT2D eigenvalue weighted by Crippen LogP contribution is -2.48. The number of aromatic nitrogens is 1. The Bertz CT molecular complexity index is 1090. The summed E-state index contributed by atoms with van der Waals surface area (Å²) in [5.41, 5.74) is 4.26. The first kappa shape index (κ1) is 21.0. The van der Waals surface area contributed by atoms with E-state index in [1.807, 2.05) is 41.5 Å². The number of thiazole rings is 1. The molecule has 1 aromatic heterocycles. The van der Waals surface area contributed by atoms with Gasteiger partial charge in [0.25, 0.3) is 5.91 Å². The lowest BCUT2D eigenvalue weighted by atomic mass is 10.1.